The molecule has 1 atom stereocenters. The van der Waals surface area contributed by atoms with Gasteiger partial charge in [-0.25, -0.2) is 0 Å². The molecule has 0 aliphatic heterocycles. The first-order valence-corrected chi connectivity index (χ1v) is 8.51. The molecule has 1 aromatic carbocycles. The SMILES string of the molecule is CCCCCCCC1=CCC(c2ccc(C#N)cc2)CC1. The van der Waals surface area contributed by atoms with Crippen LogP contribution in [-0.4, -0.2) is 0 Å². The molecule has 0 amide bonds. The van der Waals surface area contributed by atoms with Gasteiger partial charge in [0.05, 0.1) is 11.6 Å². The number of rotatable bonds is 7. The standard InChI is InChI=1S/C20H27N/c1-2-3-4-5-6-7-17-8-12-19(13-9-17)20-14-10-18(16-21)11-15-20/h8,10-11,14-15,19H,2-7,9,12-13H2,1H3. The van der Waals surface area contributed by atoms with E-state index in [0.717, 1.165) is 5.56 Å². The van der Waals surface area contributed by atoms with E-state index in [9.17, 15) is 0 Å². The van der Waals surface area contributed by atoms with Crippen molar-refractivity contribution in [3.05, 3.63) is 47.0 Å². The van der Waals surface area contributed by atoms with E-state index in [-0.39, 0.29) is 0 Å². The number of hydrogen-bond donors (Lipinski definition) is 0. The van der Waals surface area contributed by atoms with Crippen molar-refractivity contribution in [3.8, 4) is 6.07 Å². The molecule has 0 bridgehead atoms. The molecule has 1 nitrogen and oxygen atoms in total. The monoisotopic (exact) mass is 281 g/mol. The third kappa shape index (κ3) is 5.05. The Morgan fingerprint density at radius 2 is 1.86 bits per heavy atom. The van der Waals surface area contributed by atoms with Crippen LogP contribution >= 0.6 is 0 Å². The second-order valence-electron chi connectivity index (χ2n) is 6.23. The van der Waals surface area contributed by atoms with E-state index < -0.39 is 0 Å². The zero-order chi connectivity index (χ0) is 14.9. The van der Waals surface area contributed by atoms with E-state index in [1.54, 1.807) is 5.57 Å². The lowest BCUT2D eigenvalue weighted by Crippen LogP contribution is -2.04. The van der Waals surface area contributed by atoms with Crippen molar-refractivity contribution >= 4 is 0 Å². The lowest BCUT2D eigenvalue weighted by Gasteiger charge is -2.22. The molecule has 0 radical (unpaired) electrons. The van der Waals surface area contributed by atoms with Gasteiger partial charge in [-0.15, -0.1) is 0 Å². The van der Waals surface area contributed by atoms with Crippen LogP contribution in [-0.2, 0) is 0 Å². The highest BCUT2D eigenvalue weighted by molar-refractivity contribution is 5.33. The minimum atomic E-state index is 0.654. The minimum absolute atomic E-state index is 0.654. The van der Waals surface area contributed by atoms with E-state index >= 15 is 0 Å². The second kappa shape index (κ2) is 8.67. The lowest BCUT2D eigenvalue weighted by atomic mass is 9.83. The lowest BCUT2D eigenvalue weighted by molar-refractivity contribution is 0.566. The van der Waals surface area contributed by atoms with Gasteiger partial charge in [0.2, 0.25) is 0 Å². The smallest absolute Gasteiger partial charge is 0.0991 e. The zero-order valence-corrected chi connectivity index (χ0v) is 13.3. The van der Waals surface area contributed by atoms with Gasteiger partial charge in [-0.2, -0.15) is 5.26 Å². The summed E-state index contributed by atoms with van der Waals surface area (Å²) in [6, 6.07) is 10.3. The summed E-state index contributed by atoms with van der Waals surface area (Å²) in [5, 5.41) is 8.85. The molecule has 0 spiro atoms. The van der Waals surface area contributed by atoms with Gasteiger partial charge in [-0.05, 0) is 55.7 Å². The Hall–Kier alpha value is -1.55. The Morgan fingerprint density at radius 3 is 2.48 bits per heavy atom. The summed E-state index contributed by atoms with van der Waals surface area (Å²) in [4.78, 5) is 0. The fourth-order valence-corrected chi connectivity index (χ4v) is 3.20. The van der Waals surface area contributed by atoms with Gasteiger partial charge >= 0.3 is 0 Å². The van der Waals surface area contributed by atoms with E-state index in [1.807, 2.05) is 12.1 Å². The molecule has 1 aliphatic rings. The Morgan fingerprint density at radius 1 is 1.10 bits per heavy atom. The molecular formula is C20H27N. The van der Waals surface area contributed by atoms with Crippen LogP contribution in [0.1, 0.15) is 81.8 Å². The van der Waals surface area contributed by atoms with Crippen LogP contribution < -0.4 is 0 Å². The third-order valence-corrected chi connectivity index (χ3v) is 4.62. The van der Waals surface area contributed by atoms with Gasteiger partial charge < -0.3 is 0 Å². The highest BCUT2D eigenvalue weighted by Crippen LogP contribution is 2.33. The number of benzene rings is 1. The average Bonchev–Trinajstić information content (AvgIpc) is 2.55. The molecule has 1 aromatic rings. The van der Waals surface area contributed by atoms with Crippen molar-refractivity contribution in [1.82, 2.24) is 0 Å². The van der Waals surface area contributed by atoms with Crippen LogP contribution in [0, 0.1) is 11.3 Å². The molecule has 0 saturated carbocycles. The van der Waals surface area contributed by atoms with Crippen molar-refractivity contribution in [2.75, 3.05) is 0 Å². The Balaban J connectivity index is 1.77. The van der Waals surface area contributed by atoms with Crippen molar-refractivity contribution in [1.29, 1.82) is 5.26 Å². The number of nitrogens with zero attached hydrogens (tertiary/aromatic N) is 1. The van der Waals surface area contributed by atoms with E-state index in [1.165, 1.54) is 63.4 Å². The predicted molar refractivity (Wildman–Crippen MR) is 89.2 cm³/mol. The van der Waals surface area contributed by atoms with Crippen LogP contribution in [0.3, 0.4) is 0 Å². The summed E-state index contributed by atoms with van der Waals surface area (Å²) in [6.45, 7) is 2.27. The first kappa shape index (κ1) is 15.8. The Kier molecular flexibility index (Phi) is 6.54. The number of allylic oxidation sites excluding steroid dienone is 2. The van der Waals surface area contributed by atoms with Crippen molar-refractivity contribution in [3.63, 3.8) is 0 Å². The number of hydrogen-bond acceptors (Lipinski definition) is 1. The molecular weight excluding hydrogens is 254 g/mol. The minimum Gasteiger partial charge on any atom is -0.192 e. The molecule has 2 rings (SSSR count). The Labute approximate surface area is 129 Å². The summed E-state index contributed by atoms with van der Waals surface area (Å²) in [5.74, 6) is 0.654. The van der Waals surface area contributed by atoms with E-state index in [4.69, 9.17) is 5.26 Å². The fraction of sp³-hybridized carbons (Fsp3) is 0.550. The van der Waals surface area contributed by atoms with Crippen molar-refractivity contribution < 1.29 is 0 Å². The summed E-state index contributed by atoms with van der Waals surface area (Å²) >= 11 is 0. The topological polar surface area (TPSA) is 23.8 Å². The highest BCUT2D eigenvalue weighted by Gasteiger charge is 2.15. The van der Waals surface area contributed by atoms with Gasteiger partial charge in [0.25, 0.3) is 0 Å². The van der Waals surface area contributed by atoms with Gasteiger partial charge in [-0.1, -0.05) is 56.4 Å². The van der Waals surface area contributed by atoms with Gasteiger partial charge in [-0.3, -0.25) is 0 Å². The fourth-order valence-electron chi connectivity index (χ4n) is 3.20. The zero-order valence-electron chi connectivity index (χ0n) is 13.3. The van der Waals surface area contributed by atoms with Crippen molar-refractivity contribution in [2.45, 2.75) is 70.6 Å². The molecule has 1 heteroatoms. The maximum absolute atomic E-state index is 8.85. The molecule has 1 aliphatic carbocycles. The number of nitriles is 1. The van der Waals surface area contributed by atoms with Gasteiger partial charge in [0.15, 0.2) is 0 Å². The molecule has 0 aromatic heterocycles. The summed E-state index contributed by atoms with van der Waals surface area (Å²) < 4.78 is 0. The van der Waals surface area contributed by atoms with Crippen molar-refractivity contribution in [2.24, 2.45) is 0 Å². The molecule has 0 saturated heterocycles. The van der Waals surface area contributed by atoms with Gasteiger partial charge in [0.1, 0.15) is 0 Å². The molecule has 1 unspecified atom stereocenters. The van der Waals surface area contributed by atoms with Gasteiger partial charge in [0, 0.05) is 0 Å². The summed E-state index contributed by atoms with van der Waals surface area (Å²) in [7, 11) is 0. The predicted octanol–water partition coefficient (Wildman–Crippen LogP) is 6.11. The molecule has 0 fully saturated rings. The Bertz CT molecular complexity index is 490. The maximum Gasteiger partial charge on any atom is 0.0991 e. The number of unbranched alkanes of at least 4 members (excludes halogenated alkanes) is 4. The first-order chi connectivity index (χ1) is 10.3. The van der Waals surface area contributed by atoms with Crippen LogP contribution in [0.15, 0.2) is 35.9 Å². The second-order valence-corrected chi connectivity index (χ2v) is 6.23. The normalized spacial score (nSPS) is 18.1. The van der Waals surface area contributed by atoms with Crippen LogP contribution in [0.25, 0.3) is 0 Å². The molecule has 0 heterocycles. The summed E-state index contributed by atoms with van der Waals surface area (Å²) in [5.41, 5.74) is 3.83. The van der Waals surface area contributed by atoms with Crippen LogP contribution in [0.4, 0.5) is 0 Å². The largest absolute Gasteiger partial charge is 0.192 e. The molecule has 21 heavy (non-hydrogen) atoms. The van der Waals surface area contributed by atoms with E-state index in [2.05, 4.69) is 31.2 Å². The maximum atomic E-state index is 8.85. The molecule has 0 N–H and O–H groups in total. The first-order valence-electron chi connectivity index (χ1n) is 8.51. The molecule has 112 valence electrons. The third-order valence-electron chi connectivity index (χ3n) is 4.62. The quantitative estimate of drug-likeness (QED) is 0.437. The van der Waals surface area contributed by atoms with Crippen LogP contribution in [0.5, 0.6) is 0 Å². The van der Waals surface area contributed by atoms with Crippen LogP contribution in [0.2, 0.25) is 0 Å². The average molecular weight is 281 g/mol. The highest BCUT2D eigenvalue weighted by atomic mass is 14.2. The van der Waals surface area contributed by atoms with E-state index in [0.29, 0.717) is 5.92 Å². The summed E-state index contributed by atoms with van der Waals surface area (Å²) in [6.07, 6.45) is 14.4.